The molecule has 104 valence electrons. The van der Waals surface area contributed by atoms with Crippen molar-refractivity contribution in [2.24, 2.45) is 0 Å². The first-order valence-corrected chi connectivity index (χ1v) is 6.57. The zero-order valence-electron chi connectivity index (χ0n) is 11.6. The third kappa shape index (κ3) is 3.57. The first-order chi connectivity index (χ1) is 9.58. The van der Waals surface area contributed by atoms with Gasteiger partial charge in [-0.3, -0.25) is 0 Å². The second kappa shape index (κ2) is 6.19. The van der Waals surface area contributed by atoms with E-state index in [4.69, 9.17) is 9.84 Å². The van der Waals surface area contributed by atoms with Crippen LogP contribution < -0.4 is 4.74 Å². The Morgan fingerprint density at radius 3 is 2.55 bits per heavy atom. The van der Waals surface area contributed by atoms with Crippen LogP contribution in [0.5, 0.6) is 11.6 Å². The predicted molar refractivity (Wildman–Crippen MR) is 76.4 cm³/mol. The standard InChI is InChI=1S/C16H17NO3/c1-3-4-13-9-12(16(18)19)10-15(17-13)20-14-7-5-11(2)6-8-14/h5-10H,3-4H2,1-2H3,(H,18,19). The fraction of sp³-hybridized carbons (Fsp3) is 0.250. The van der Waals surface area contributed by atoms with E-state index in [0.717, 1.165) is 24.1 Å². The molecule has 0 aliphatic carbocycles. The molecular weight excluding hydrogens is 254 g/mol. The van der Waals surface area contributed by atoms with Gasteiger partial charge in [-0.2, -0.15) is 0 Å². The second-order valence-corrected chi connectivity index (χ2v) is 4.66. The first kappa shape index (κ1) is 14.1. The van der Waals surface area contributed by atoms with Crippen molar-refractivity contribution >= 4 is 5.97 Å². The third-order valence-corrected chi connectivity index (χ3v) is 2.85. The fourth-order valence-electron chi connectivity index (χ4n) is 1.85. The molecule has 4 nitrogen and oxygen atoms in total. The van der Waals surface area contributed by atoms with Crippen molar-refractivity contribution < 1.29 is 14.6 Å². The molecule has 20 heavy (non-hydrogen) atoms. The number of ether oxygens (including phenoxy) is 1. The first-order valence-electron chi connectivity index (χ1n) is 6.57. The Morgan fingerprint density at radius 2 is 1.95 bits per heavy atom. The van der Waals surface area contributed by atoms with Crippen LogP contribution in [-0.2, 0) is 6.42 Å². The van der Waals surface area contributed by atoms with Crippen molar-refractivity contribution in [2.75, 3.05) is 0 Å². The molecule has 0 aliphatic heterocycles. The van der Waals surface area contributed by atoms with Crippen molar-refractivity contribution in [3.8, 4) is 11.6 Å². The highest BCUT2D eigenvalue weighted by molar-refractivity contribution is 5.88. The van der Waals surface area contributed by atoms with Gasteiger partial charge in [-0.05, 0) is 31.5 Å². The van der Waals surface area contributed by atoms with Gasteiger partial charge in [0, 0.05) is 11.8 Å². The van der Waals surface area contributed by atoms with Crippen molar-refractivity contribution in [1.82, 2.24) is 4.98 Å². The van der Waals surface area contributed by atoms with E-state index < -0.39 is 5.97 Å². The molecule has 2 aromatic rings. The Hall–Kier alpha value is -2.36. The summed E-state index contributed by atoms with van der Waals surface area (Å²) in [5.74, 6) is -0.0104. The Labute approximate surface area is 118 Å². The monoisotopic (exact) mass is 271 g/mol. The molecule has 2 rings (SSSR count). The van der Waals surface area contributed by atoms with Crippen molar-refractivity contribution in [2.45, 2.75) is 26.7 Å². The zero-order valence-corrected chi connectivity index (χ0v) is 11.6. The summed E-state index contributed by atoms with van der Waals surface area (Å²) in [5.41, 5.74) is 2.07. The minimum absolute atomic E-state index is 0.200. The van der Waals surface area contributed by atoms with Gasteiger partial charge in [0.15, 0.2) is 0 Å². The van der Waals surface area contributed by atoms with E-state index in [-0.39, 0.29) is 5.56 Å². The van der Waals surface area contributed by atoms with Crippen LogP contribution in [0.3, 0.4) is 0 Å². The van der Waals surface area contributed by atoms with E-state index in [1.165, 1.54) is 6.07 Å². The lowest BCUT2D eigenvalue weighted by Crippen LogP contribution is -2.02. The maximum absolute atomic E-state index is 11.1. The number of benzene rings is 1. The van der Waals surface area contributed by atoms with Gasteiger partial charge in [0.25, 0.3) is 0 Å². The van der Waals surface area contributed by atoms with Crippen molar-refractivity contribution in [3.05, 3.63) is 53.2 Å². The van der Waals surface area contributed by atoms with Gasteiger partial charge in [0.2, 0.25) is 5.88 Å². The van der Waals surface area contributed by atoms with E-state index in [2.05, 4.69) is 4.98 Å². The number of aromatic carboxylic acids is 1. The topological polar surface area (TPSA) is 59.4 Å². The second-order valence-electron chi connectivity index (χ2n) is 4.66. The molecule has 0 amide bonds. The lowest BCUT2D eigenvalue weighted by Gasteiger charge is -2.08. The summed E-state index contributed by atoms with van der Waals surface area (Å²) in [4.78, 5) is 15.5. The van der Waals surface area contributed by atoms with E-state index in [9.17, 15) is 4.79 Å². The summed E-state index contributed by atoms with van der Waals surface area (Å²) in [5, 5.41) is 9.12. The zero-order chi connectivity index (χ0) is 14.5. The highest BCUT2D eigenvalue weighted by atomic mass is 16.5. The normalized spacial score (nSPS) is 10.3. The summed E-state index contributed by atoms with van der Waals surface area (Å²) in [7, 11) is 0. The minimum atomic E-state index is -0.974. The van der Waals surface area contributed by atoms with Gasteiger partial charge in [0.1, 0.15) is 5.75 Å². The summed E-state index contributed by atoms with van der Waals surface area (Å²) < 4.78 is 5.64. The number of hydrogen-bond donors (Lipinski definition) is 1. The van der Waals surface area contributed by atoms with Crippen molar-refractivity contribution in [3.63, 3.8) is 0 Å². The number of pyridine rings is 1. The Kier molecular flexibility index (Phi) is 4.35. The summed E-state index contributed by atoms with van der Waals surface area (Å²) in [6.45, 7) is 4.02. The average molecular weight is 271 g/mol. The summed E-state index contributed by atoms with van der Waals surface area (Å²) in [6.07, 6.45) is 1.63. The maximum atomic E-state index is 11.1. The van der Waals surface area contributed by atoms with Crippen LogP contribution in [0.2, 0.25) is 0 Å². The van der Waals surface area contributed by atoms with Crippen LogP contribution in [0.25, 0.3) is 0 Å². The molecule has 0 saturated heterocycles. The van der Waals surface area contributed by atoms with Crippen molar-refractivity contribution in [1.29, 1.82) is 0 Å². The molecule has 0 radical (unpaired) electrons. The number of carbonyl (C=O) groups is 1. The fourth-order valence-corrected chi connectivity index (χ4v) is 1.85. The lowest BCUT2D eigenvalue weighted by atomic mass is 10.1. The van der Waals surface area contributed by atoms with E-state index in [1.54, 1.807) is 6.07 Å². The third-order valence-electron chi connectivity index (χ3n) is 2.85. The van der Waals surface area contributed by atoms with Crippen LogP contribution in [0.4, 0.5) is 0 Å². The van der Waals surface area contributed by atoms with Gasteiger partial charge in [-0.15, -0.1) is 0 Å². The van der Waals surface area contributed by atoms with Crippen LogP contribution in [0.15, 0.2) is 36.4 Å². The Morgan fingerprint density at radius 1 is 1.25 bits per heavy atom. The van der Waals surface area contributed by atoms with Gasteiger partial charge < -0.3 is 9.84 Å². The molecule has 0 aliphatic rings. The summed E-state index contributed by atoms with van der Waals surface area (Å²) in [6, 6.07) is 10.6. The smallest absolute Gasteiger partial charge is 0.335 e. The highest BCUT2D eigenvalue weighted by Crippen LogP contribution is 2.22. The number of aromatic nitrogens is 1. The predicted octanol–water partition coefficient (Wildman–Crippen LogP) is 3.83. The van der Waals surface area contributed by atoms with E-state index in [0.29, 0.717) is 11.6 Å². The van der Waals surface area contributed by atoms with Gasteiger partial charge in [-0.25, -0.2) is 9.78 Å². The average Bonchev–Trinajstić information content (AvgIpc) is 2.41. The molecule has 0 saturated carbocycles. The van der Waals surface area contributed by atoms with Gasteiger partial charge in [-0.1, -0.05) is 31.0 Å². The van der Waals surface area contributed by atoms with Crippen LogP contribution in [0, 0.1) is 6.92 Å². The molecular formula is C16H17NO3. The van der Waals surface area contributed by atoms with E-state index >= 15 is 0 Å². The molecule has 1 N–H and O–H groups in total. The Balaban J connectivity index is 2.29. The molecule has 0 bridgehead atoms. The van der Waals surface area contributed by atoms with E-state index in [1.807, 2.05) is 38.1 Å². The summed E-state index contributed by atoms with van der Waals surface area (Å²) >= 11 is 0. The quantitative estimate of drug-likeness (QED) is 0.897. The van der Waals surface area contributed by atoms with Crippen LogP contribution in [-0.4, -0.2) is 16.1 Å². The molecule has 4 heteroatoms. The molecule has 1 aromatic heterocycles. The van der Waals surface area contributed by atoms with Crippen LogP contribution in [0.1, 0.15) is 35.0 Å². The molecule has 0 spiro atoms. The molecule has 0 unspecified atom stereocenters. The molecule has 0 fully saturated rings. The number of aryl methyl sites for hydroxylation is 2. The number of hydrogen-bond acceptors (Lipinski definition) is 3. The van der Waals surface area contributed by atoms with Gasteiger partial charge >= 0.3 is 5.97 Å². The number of carboxylic acid groups (broad SMARTS) is 1. The minimum Gasteiger partial charge on any atom is -0.478 e. The molecule has 1 aromatic carbocycles. The lowest BCUT2D eigenvalue weighted by molar-refractivity contribution is 0.0696. The highest BCUT2D eigenvalue weighted by Gasteiger charge is 2.09. The maximum Gasteiger partial charge on any atom is 0.335 e. The SMILES string of the molecule is CCCc1cc(C(=O)O)cc(Oc2ccc(C)cc2)n1. The number of nitrogens with zero attached hydrogens (tertiary/aromatic N) is 1. The Bertz CT molecular complexity index is 606. The molecule has 0 atom stereocenters. The van der Waals surface area contributed by atoms with Crippen LogP contribution >= 0.6 is 0 Å². The van der Waals surface area contributed by atoms with Gasteiger partial charge in [0.05, 0.1) is 5.56 Å². The molecule has 1 heterocycles. The number of rotatable bonds is 5. The number of carboxylic acids is 1. The largest absolute Gasteiger partial charge is 0.478 e.